The number of carbonyl (C=O) groups excluding carboxylic acids is 1. The van der Waals surface area contributed by atoms with Crippen LogP contribution in [0, 0.1) is 0 Å². The van der Waals surface area contributed by atoms with E-state index in [0.29, 0.717) is 60.6 Å². The maximum Gasteiger partial charge on any atom is 0.254 e. The lowest BCUT2D eigenvalue weighted by atomic mass is 10.0. The van der Waals surface area contributed by atoms with Gasteiger partial charge in [-0.05, 0) is 55.8 Å². The van der Waals surface area contributed by atoms with Crippen molar-refractivity contribution in [3.8, 4) is 22.8 Å². The summed E-state index contributed by atoms with van der Waals surface area (Å²) < 4.78 is 17.2. The molecule has 2 aromatic carbocycles. The number of nitrogens with zero attached hydrogens (tertiary/aromatic N) is 2. The van der Waals surface area contributed by atoms with Crippen molar-refractivity contribution in [3.63, 3.8) is 0 Å². The lowest BCUT2D eigenvalue weighted by Crippen LogP contribution is -2.36. The lowest BCUT2D eigenvalue weighted by molar-refractivity contribution is 0.0734. The van der Waals surface area contributed by atoms with Gasteiger partial charge in [0.1, 0.15) is 0 Å². The molecule has 32 heavy (non-hydrogen) atoms. The highest BCUT2D eigenvalue weighted by Crippen LogP contribution is 2.33. The molecule has 0 atom stereocenters. The second-order valence-electron chi connectivity index (χ2n) is 7.72. The molecule has 0 radical (unpaired) electrons. The zero-order valence-corrected chi connectivity index (χ0v) is 19.2. The Bertz CT molecular complexity index is 1080. The Labute approximate surface area is 193 Å². The fourth-order valence-corrected chi connectivity index (χ4v) is 3.88. The normalized spacial score (nSPS) is 13.0. The Balaban J connectivity index is 1.54. The summed E-state index contributed by atoms with van der Waals surface area (Å²) in [5.74, 6) is 1.89. The zero-order chi connectivity index (χ0) is 22.5. The molecular weight excluding hydrogens is 428 g/mol. The number of benzene rings is 2. The number of ether oxygens (including phenoxy) is 2. The third kappa shape index (κ3) is 4.75. The molecule has 7 heteroatoms. The van der Waals surface area contributed by atoms with E-state index >= 15 is 0 Å². The van der Waals surface area contributed by atoms with Gasteiger partial charge in [0.05, 0.1) is 25.5 Å². The van der Waals surface area contributed by atoms with Crippen molar-refractivity contribution in [3.05, 3.63) is 64.3 Å². The van der Waals surface area contributed by atoms with Gasteiger partial charge in [-0.15, -0.1) is 0 Å². The van der Waals surface area contributed by atoms with Crippen LogP contribution in [0.3, 0.4) is 0 Å². The molecule has 1 aromatic heterocycles. The van der Waals surface area contributed by atoms with Crippen LogP contribution >= 0.6 is 11.6 Å². The first-order valence-corrected chi connectivity index (χ1v) is 11.4. The van der Waals surface area contributed by atoms with E-state index in [0.717, 1.165) is 29.7 Å². The summed E-state index contributed by atoms with van der Waals surface area (Å²) in [6.45, 7) is 6.18. The Hall–Kier alpha value is -2.99. The van der Waals surface area contributed by atoms with Crippen LogP contribution in [-0.2, 0) is 13.0 Å². The van der Waals surface area contributed by atoms with Crippen molar-refractivity contribution in [1.82, 2.24) is 10.1 Å². The van der Waals surface area contributed by atoms with Crippen molar-refractivity contribution in [2.45, 2.75) is 39.7 Å². The molecule has 6 nitrogen and oxygen atoms in total. The minimum Gasteiger partial charge on any atom is -0.490 e. The van der Waals surface area contributed by atoms with Crippen molar-refractivity contribution in [2.75, 3.05) is 19.8 Å². The molecule has 0 bridgehead atoms. The monoisotopic (exact) mass is 454 g/mol. The van der Waals surface area contributed by atoms with Crippen LogP contribution in [0.2, 0.25) is 5.02 Å². The van der Waals surface area contributed by atoms with Crippen LogP contribution in [0.5, 0.6) is 11.5 Å². The van der Waals surface area contributed by atoms with Gasteiger partial charge in [0.2, 0.25) is 0 Å². The Morgan fingerprint density at radius 1 is 1.12 bits per heavy atom. The van der Waals surface area contributed by atoms with Crippen LogP contribution < -0.4 is 9.47 Å². The minimum absolute atomic E-state index is 0.0556. The summed E-state index contributed by atoms with van der Waals surface area (Å²) in [6.07, 6.45) is 2.67. The Morgan fingerprint density at radius 3 is 2.69 bits per heavy atom. The molecule has 0 N–H and O–H groups in total. The fourth-order valence-electron chi connectivity index (χ4n) is 3.75. The molecule has 4 rings (SSSR count). The molecule has 1 amide bonds. The van der Waals surface area contributed by atoms with E-state index in [1.54, 1.807) is 12.1 Å². The first-order valence-electron chi connectivity index (χ1n) is 11.0. The fraction of sp³-hybridized carbons (Fsp3) is 0.360. The average molecular weight is 455 g/mol. The Morgan fingerprint density at radius 2 is 1.94 bits per heavy atom. The number of hydrogen-bond donors (Lipinski definition) is 0. The highest BCUT2D eigenvalue weighted by Gasteiger charge is 2.28. The quantitative estimate of drug-likeness (QED) is 0.404. The van der Waals surface area contributed by atoms with E-state index in [9.17, 15) is 4.79 Å². The second kappa shape index (κ2) is 10.1. The van der Waals surface area contributed by atoms with Gasteiger partial charge in [0, 0.05) is 34.7 Å². The van der Waals surface area contributed by atoms with E-state index < -0.39 is 0 Å². The smallest absolute Gasteiger partial charge is 0.254 e. The van der Waals surface area contributed by atoms with E-state index in [1.165, 1.54) is 0 Å². The SMILES string of the molecule is CCCCOc1ccc(C(=O)N2CCc3noc(-c4ccc(Cl)cc4)c3C2)cc1OCC. The highest BCUT2D eigenvalue weighted by atomic mass is 35.5. The van der Waals surface area contributed by atoms with E-state index in [-0.39, 0.29) is 5.91 Å². The first kappa shape index (κ1) is 22.2. The molecule has 168 valence electrons. The van der Waals surface area contributed by atoms with Crippen molar-refractivity contribution in [2.24, 2.45) is 0 Å². The Kier molecular flexibility index (Phi) is 7.00. The van der Waals surface area contributed by atoms with Gasteiger partial charge in [-0.25, -0.2) is 0 Å². The highest BCUT2D eigenvalue weighted by molar-refractivity contribution is 6.30. The third-order valence-corrected chi connectivity index (χ3v) is 5.73. The van der Waals surface area contributed by atoms with Crippen LogP contribution in [0.4, 0.5) is 0 Å². The average Bonchev–Trinajstić information content (AvgIpc) is 3.23. The number of carbonyl (C=O) groups is 1. The number of fused-ring (bicyclic) bond motifs is 1. The molecule has 0 spiro atoms. The van der Waals surface area contributed by atoms with Crippen LogP contribution in [0.15, 0.2) is 47.0 Å². The molecule has 2 heterocycles. The summed E-state index contributed by atoms with van der Waals surface area (Å²) in [5, 5.41) is 4.88. The predicted molar refractivity (Wildman–Crippen MR) is 123 cm³/mol. The van der Waals surface area contributed by atoms with E-state index in [2.05, 4.69) is 12.1 Å². The largest absolute Gasteiger partial charge is 0.490 e. The summed E-state index contributed by atoms with van der Waals surface area (Å²) in [5.41, 5.74) is 3.30. The van der Waals surface area contributed by atoms with Gasteiger partial charge < -0.3 is 18.9 Å². The second-order valence-corrected chi connectivity index (χ2v) is 8.15. The molecule has 1 aliphatic rings. The summed E-state index contributed by atoms with van der Waals surface area (Å²) >= 11 is 6.01. The van der Waals surface area contributed by atoms with Gasteiger partial charge >= 0.3 is 0 Å². The van der Waals surface area contributed by atoms with Crippen LogP contribution in [0.1, 0.15) is 48.3 Å². The molecular formula is C25H27ClN2O4. The van der Waals surface area contributed by atoms with Crippen molar-refractivity contribution in [1.29, 1.82) is 0 Å². The predicted octanol–water partition coefficient (Wildman–Crippen LogP) is 5.77. The first-order chi connectivity index (χ1) is 15.6. The molecule has 0 fully saturated rings. The van der Waals surface area contributed by atoms with Gasteiger partial charge in [0.25, 0.3) is 5.91 Å². The maximum absolute atomic E-state index is 13.3. The molecule has 0 saturated heterocycles. The zero-order valence-electron chi connectivity index (χ0n) is 18.4. The number of amides is 1. The van der Waals surface area contributed by atoms with Crippen molar-refractivity contribution < 1.29 is 18.8 Å². The number of halogens is 1. The van der Waals surface area contributed by atoms with E-state index in [1.807, 2.05) is 42.2 Å². The lowest BCUT2D eigenvalue weighted by Gasteiger charge is -2.27. The topological polar surface area (TPSA) is 64.8 Å². The number of aromatic nitrogens is 1. The number of rotatable bonds is 8. The van der Waals surface area contributed by atoms with Gasteiger partial charge in [0.15, 0.2) is 17.3 Å². The molecule has 0 aliphatic carbocycles. The standard InChI is InChI=1S/C25H27ClN2O4/c1-3-5-14-31-22-11-8-18(15-23(22)30-4-2)25(29)28-13-12-21-20(16-28)24(32-27-21)17-6-9-19(26)10-7-17/h6-11,15H,3-5,12-14,16H2,1-2H3. The number of hydrogen-bond acceptors (Lipinski definition) is 5. The van der Waals surface area contributed by atoms with Crippen LogP contribution in [0.25, 0.3) is 11.3 Å². The van der Waals surface area contributed by atoms with Crippen molar-refractivity contribution >= 4 is 17.5 Å². The molecule has 3 aromatic rings. The summed E-state index contributed by atoms with van der Waals surface area (Å²) in [4.78, 5) is 15.1. The molecule has 0 unspecified atom stereocenters. The minimum atomic E-state index is -0.0556. The summed E-state index contributed by atoms with van der Waals surface area (Å²) in [6, 6.07) is 12.8. The maximum atomic E-state index is 13.3. The molecule has 0 saturated carbocycles. The molecule has 1 aliphatic heterocycles. The van der Waals surface area contributed by atoms with Gasteiger partial charge in [-0.3, -0.25) is 4.79 Å². The van der Waals surface area contributed by atoms with E-state index in [4.69, 9.17) is 25.6 Å². The van der Waals surface area contributed by atoms with Crippen LogP contribution in [-0.4, -0.2) is 35.7 Å². The number of unbranched alkanes of at least 4 members (excludes halogenated alkanes) is 1. The third-order valence-electron chi connectivity index (χ3n) is 5.48. The summed E-state index contributed by atoms with van der Waals surface area (Å²) in [7, 11) is 0. The van der Waals surface area contributed by atoms with Gasteiger partial charge in [-0.1, -0.05) is 30.1 Å². The van der Waals surface area contributed by atoms with Gasteiger partial charge in [-0.2, -0.15) is 0 Å².